The first kappa shape index (κ1) is 17.5. The molecular formula is C18H20ClN7O. The summed E-state index contributed by atoms with van der Waals surface area (Å²) in [6.45, 7) is 1.67. The van der Waals surface area contributed by atoms with Crippen LogP contribution in [0, 0.1) is 0 Å². The van der Waals surface area contributed by atoms with E-state index in [1.54, 1.807) is 10.9 Å². The van der Waals surface area contributed by atoms with Gasteiger partial charge < -0.3 is 15.2 Å². The van der Waals surface area contributed by atoms with Gasteiger partial charge in [0.05, 0.1) is 18.4 Å². The minimum atomic E-state index is -0.248. The molecule has 4 rings (SSSR count). The smallest absolute Gasteiger partial charge is 0.315 e. The van der Waals surface area contributed by atoms with Gasteiger partial charge in [0.2, 0.25) is 0 Å². The highest BCUT2D eigenvalue weighted by molar-refractivity contribution is 6.30. The van der Waals surface area contributed by atoms with Crippen LogP contribution in [0.5, 0.6) is 0 Å². The molecule has 0 saturated heterocycles. The molecule has 3 aromatic rings. The number of aryl methyl sites for hydroxylation is 1. The molecule has 9 heteroatoms. The Kier molecular flexibility index (Phi) is 5.06. The fourth-order valence-corrected chi connectivity index (χ4v) is 3.22. The lowest BCUT2D eigenvalue weighted by atomic mass is 10.2. The number of aromatic nitrogens is 5. The van der Waals surface area contributed by atoms with Gasteiger partial charge in [-0.3, -0.25) is 0 Å². The number of carbonyl (C=O) groups is 1. The van der Waals surface area contributed by atoms with E-state index >= 15 is 0 Å². The summed E-state index contributed by atoms with van der Waals surface area (Å²) in [6.07, 6.45) is 6.83. The molecule has 0 radical (unpaired) electrons. The number of amides is 2. The maximum absolute atomic E-state index is 12.1. The van der Waals surface area contributed by atoms with E-state index in [0.717, 1.165) is 48.7 Å². The lowest BCUT2D eigenvalue weighted by molar-refractivity contribution is 0.239. The van der Waals surface area contributed by atoms with Crippen LogP contribution in [-0.4, -0.2) is 30.6 Å². The molecule has 0 saturated carbocycles. The molecule has 1 aromatic carbocycles. The Morgan fingerprint density at radius 2 is 1.93 bits per heavy atom. The van der Waals surface area contributed by atoms with Gasteiger partial charge in [0.25, 0.3) is 0 Å². The summed E-state index contributed by atoms with van der Waals surface area (Å²) in [6, 6.07) is 7.15. The first-order chi connectivity index (χ1) is 13.2. The Morgan fingerprint density at radius 1 is 1.11 bits per heavy atom. The molecule has 27 heavy (non-hydrogen) atoms. The zero-order valence-corrected chi connectivity index (χ0v) is 15.5. The van der Waals surface area contributed by atoms with Gasteiger partial charge in [0, 0.05) is 36.3 Å². The van der Waals surface area contributed by atoms with E-state index in [9.17, 15) is 4.79 Å². The summed E-state index contributed by atoms with van der Waals surface area (Å²) in [5.74, 6) is 1.81. The molecule has 1 aliphatic rings. The average molecular weight is 386 g/mol. The van der Waals surface area contributed by atoms with Crippen molar-refractivity contribution >= 4 is 17.6 Å². The molecule has 2 amide bonds. The number of hydrogen-bond donors (Lipinski definition) is 2. The van der Waals surface area contributed by atoms with Crippen molar-refractivity contribution in [2.45, 2.75) is 38.9 Å². The van der Waals surface area contributed by atoms with E-state index in [0.29, 0.717) is 18.1 Å². The molecular weight excluding hydrogens is 366 g/mol. The highest BCUT2D eigenvalue weighted by atomic mass is 35.5. The van der Waals surface area contributed by atoms with E-state index in [2.05, 4.69) is 30.5 Å². The molecule has 0 unspecified atom stereocenters. The van der Waals surface area contributed by atoms with Crippen molar-refractivity contribution in [3.63, 3.8) is 0 Å². The van der Waals surface area contributed by atoms with Gasteiger partial charge >= 0.3 is 6.03 Å². The van der Waals surface area contributed by atoms with Gasteiger partial charge in [-0.1, -0.05) is 11.6 Å². The van der Waals surface area contributed by atoms with Gasteiger partial charge in [0.15, 0.2) is 5.82 Å². The second kappa shape index (κ2) is 7.79. The second-order valence-corrected chi connectivity index (χ2v) is 6.88. The first-order valence-electron chi connectivity index (χ1n) is 8.91. The third-order valence-electron chi connectivity index (χ3n) is 4.52. The number of urea groups is 1. The van der Waals surface area contributed by atoms with Crippen molar-refractivity contribution in [3.05, 3.63) is 58.9 Å². The number of halogens is 1. The molecule has 2 aromatic heterocycles. The number of benzene rings is 1. The number of fused-ring (bicyclic) bond motifs is 1. The number of hydrogen-bond acceptors (Lipinski definition) is 4. The zero-order valence-electron chi connectivity index (χ0n) is 14.7. The largest absolute Gasteiger partial charge is 0.334 e. The van der Waals surface area contributed by atoms with Crippen LogP contribution in [0.15, 0.2) is 36.7 Å². The van der Waals surface area contributed by atoms with Crippen molar-refractivity contribution in [1.82, 2.24) is 35.2 Å². The Labute approximate surface area is 161 Å². The van der Waals surface area contributed by atoms with Crippen LogP contribution in [0.2, 0.25) is 5.02 Å². The number of nitrogens with zero attached hydrogens (tertiary/aromatic N) is 5. The van der Waals surface area contributed by atoms with E-state index in [4.69, 9.17) is 11.6 Å². The minimum Gasteiger partial charge on any atom is -0.334 e. The highest BCUT2D eigenvalue weighted by Gasteiger charge is 2.15. The van der Waals surface area contributed by atoms with Crippen LogP contribution in [0.1, 0.15) is 30.1 Å². The number of carbonyl (C=O) groups excluding carboxylic acids is 1. The minimum absolute atomic E-state index is 0.248. The summed E-state index contributed by atoms with van der Waals surface area (Å²) in [7, 11) is 0. The van der Waals surface area contributed by atoms with Gasteiger partial charge in [0.1, 0.15) is 5.82 Å². The normalized spacial score (nSPS) is 13.2. The van der Waals surface area contributed by atoms with Crippen LogP contribution in [-0.2, 0) is 26.1 Å². The fourth-order valence-electron chi connectivity index (χ4n) is 3.09. The Bertz CT molecular complexity index is 932. The fraction of sp³-hybridized carbons (Fsp3) is 0.333. The molecule has 0 atom stereocenters. The third kappa shape index (κ3) is 4.11. The van der Waals surface area contributed by atoms with E-state index < -0.39 is 0 Å². The molecule has 0 bridgehead atoms. The maximum Gasteiger partial charge on any atom is 0.315 e. The zero-order chi connectivity index (χ0) is 18.6. The quantitative estimate of drug-likeness (QED) is 0.706. The standard InChI is InChI=1S/C18H20ClN7O/c19-14-4-6-15(7-5-14)26-12-13(10-22-26)9-20-18(27)21-11-17-24-23-16-3-1-2-8-25(16)17/h4-7,10,12H,1-3,8-9,11H2,(H2,20,21,27). The molecule has 2 N–H and O–H groups in total. The number of rotatable bonds is 5. The summed E-state index contributed by atoms with van der Waals surface area (Å²) >= 11 is 5.90. The van der Waals surface area contributed by atoms with Crippen LogP contribution in [0.4, 0.5) is 4.79 Å². The van der Waals surface area contributed by atoms with Crippen LogP contribution < -0.4 is 10.6 Å². The van der Waals surface area contributed by atoms with Crippen LogP contribution in [0.3, 0.4) is 0 Å². The van der Waals surface area contributed by atoms with Gasteiger partial charge in [-0.15, -0.1) is 10.2 Å². The monoisotopic (exact) mass is 385 g/mol. The number of nitrogens with one attached hydrogen (secondary N) is 2. The Balaban J connectivity index is 1.28. The third-order valence-corrected chi connectivity index (χ3v) is 4.78. The highest BCUT2D eigenvalue weighted by Crippen LogP contribution is 2.14. The van der Waals surface area contributed by atoms with Crippen molar-refractivity contribution < 1.29 is 4.79 Å². The summed E-state index contributed by atoms with van der Waals surface area (Å²) < 4.78 is 3.84. The van der Waals surface area contributed by atoms with Crippen LogP contribution >= 0.6 is 11.6 Å². The van der Waals surface area contributed by atoms with Crippen molar-refractivity contribution in [3.8, 4) is 5.69 Å². The molecule has 1 aliphatic heterocycles. The molecule has 140 valence electrons. The lowest BCUT2D eigenvalue weighted by Gasteiger charge is -2.14. The predicted molar refractivity (Wildman–Crippen MR) is 101 cm³/mol. The Hall–Kier alpha value is -2.87. The van der Waals surface area contributed by atoms with E-state index in [1.807, 2.05) is 30.5 Å². The molecule has 8 nitrogen and oxygen atoms in total. The SMILES string of the molecule is O=C(NCc1cnn(-c2ccc(Cl)cc2)c1)NCc1nnc2n1CCCC2. The van der Waals surface area contributed by atoms with Gasteiger partial charge in [-0.25, -0.2) is 9.48 Å². The second-order valence-electron chi connectivity index (χ2n) is 6.45. The maximum atomic E-state index is 12.1. The summed E-state index contributed by atoms with van der Waals surface area (Å²) in [4.78, 5) is 12.1. The van der Waals surface area contributed by atoms with Crippen molar-refractivity contribution in [2.24, 2.45) is 0 Å². The summed E-state index contributed by atoms with van der Waals surface area (Å²) in [5, 5.41) is 19.0. The predicted octanol–water partition coefficient (Wildman–Crippen LogP) is 2.45. The average Bonchev–Trinajstić information content (AvgIpc) is 3.32. The Morgan fingerprint density at radius 3 is 2.78 bits per heavy atom. The van der Waals surface area contributed by atoms with E-state index in [1.165, 1.54) is 0 Å². The topological polar surface area (TPSA) is 89.7 Å². The molecule has 0 fully saturated rings. The molecule has 0 spiro atoms. The van der Waals surface area contributed by atoms with E-state index in [-0.39, 0.29) is 6.03 Å². The van der Waals surface area contributed by atoms with Crippen molar-refractivity contribution in [2.75, 3.05) is 0 Å². The molecule has 0 aliphatic carbocycles. The van der Waals surface area contributed by atoms with Gasteiger partial charge in [-0.2, -0.15) is 5.10 Å². The van der Waals surface area contributed by atoms with Gasteiger partial charge in [-0.05, 0) is 37.1 Å². The van der Waals surface area contributed by atoms with Crippen molar-refractivity contribution in [1.29, 1.82) is 0 Å². The van der Waals surface area contributed by atoms with Crippen LogP contribution in [0.25, 0.3) is 5.69 Å². The summed E-state index contributed by atoms with van der Waals surface area (Å²) in [5.41, 5.74) is 1.81. The lowest BCUT2D eigenvalue weighted by Crippen LogP contribution is -2.35. The molecule has 3 heterocycles. The first-order valence-corrected chi connectivity index (χ1v) is 9.29.